The van der Waals surface area contributed by atoms with Gasteiger partial charge in [0.05, 0.1) is 5.69 Å². The van der Waals surface area contributed by atoms with Gasteiger partial charge in [-0.1, -0.05) is 0 Å². The molecule has 0 unspecified atom stereocenters. The van der Waals surface area contributed by atoms with E-state index in [0.717, 1.165) is 37.4 Å². The van der Waals surface area contributed by atoms with E-state index in [4.69, 9.17) is 0 Å². The fourth-order valence-electron chi connectivity index (χ4n) is 2.20. The minimum Gasteiger partial charge on any atom is -0.379 e. The first kappa shape index (κ1) is 11.2. The molecule has 6 nitrogen and oxygen atoms in total. The number of pyridine rings is 1. The van der Waals surface area contributed by atoms with Crippen LogP contribution in [0.15, 0.2) is 31.0 Å². The van der Waals surface area contributed by atoms with E-state index in [2.05, 4.69) is 25.7 Å². The molecule has 1 aliphatic rings. The minimum absolute atomic E-state index is 0.498. The molecule has 3 rings (SSSR count). The lowest BCUT2D eigenvalue weighted by Gasteiger charge is -2.25. The van der Waals surface area contributed by atoms with Gasteiger partial charge in [-0.05, 0) is 38.1 Å². The standard InChI is InChI=1S/C12H16N6/c1-2-11(17-10-3-6-13-7-4-10)12(15-5-1)18-9-14-8-16-18/h1-2,5,8-10,13,17H,3-4,6-7H2. The van der Waals surface area contributed by atoms with Gasteiger partial charge in [0.1, 0.15) is 12.7 Å². The van der Waals surface area contributed by atoms with Crippen molar-refractivity contribution >= 4 is 5.69 Å². The Bertz CT molecular complexity index is 489. The molecule has 0 amide bonds. The van der Waals surface area contributed by atoms with Gasteiger partial charge in [-0.25, -0.2) is 14.6 Å². The van der Waals surface area contributed by atoms with Crippen LogP contribution >= 0.6 is 0 Å². The number of aromatic nitrogens is 4. The Morgan fingerprint density at radius 2 is 2.22 bits per heavy atom. The minimum atomic E-state index is 0.498. The smallest absolute Gasteiger partial charge is 0.178 e. The number of rotatable bonds is 3. The number of anilines is 1. The van der Waals surface area contributed by atoms with Crippen molar-refractivity contribution in [2.75, 3.05) is 18.4 Å². The zero-order valence-electron chi connectivity index (χ0n) is 10.1. The molecule has 1 aliphatic heterocycles. The molecule has 0 saturated carbocycles. The van der Waals surface area contributed by atoms with Crippen molar-refractivity contribution in [1.82, 2.24) is 25.1 Å². The summed E-state index contributed by atoms with van der Waals surface area (Å²) in [5.74, 6) is 0.800. The van der Waals surface area contributed by atoms with Crippen molar-refractivity contribution in [2.24, 2.45) is 0 Å². The average molecular weight is 244 g/mol. The predicted molar refractivity (Wildman–Crippen MR) is 68.7 cm³/mol. The molecule has 0 spiro atoms. The lowest BCUT2D eigenvalue weighted by molar-refractivity contribution is 0.479. The number of hydrogen-bond donors (Lipinski definition) is 2. The zero-order chi connectivity index (χ0) is 12.2. The van der Waals surface area contributed by atoms with Gasteiger partial charge < -0.3 is 10.6 Å². The summed E-state index contributed by atoms with van der Waals surface area (Å²) in [7, 11) is 0. The maximum absolute atomic E-state index is 4.37. The van der Waals surface area contributed by atoms with E-state index in [-0.39, 0.29) is 0 Å². The van der Waals surface area contributed by atoms with Gasteiger partial charge in [0.25, 0.3) is 0 Å². The second-order valence-electron chi connectivity index (χ2n) is 4.38. The lowest BCUT2D eigenvalue weighted by atomic mass is 10.1. The Balaban J connectivity index is 1.83. The quantitative estimate of drug-likeness (QED) is 0.837. The summed E-state index contributed by atoms with van der Waals surface area (Å²) in [4.78, 5) is 8.33. The van der Waals surface area contributed by atoms with Crippen LogP contribution < -0.4 is 10.6 Å². The molecule has 2 aromatic rings. The van der Waals surface area contributed by atoms with Crippen LogP contribution in [-0.4, -0.2) is 38.9 Å². The number of hydrogen-bond acceptors (Lipinski definition) is 5. The van der Waals surface area contributed by atoms with Crippen molar-refractivity contribution in [3.63, 3.8) is 0 Å². The first-order valence-corrected chi connectivity index (χ1v) is 6.21. The summed E-state index contributed by atoms with van der Waals surface area (Å²) in [6, 6.07) is 4.47. The van der Waals surface area contributed by atoms with E-state index in [1.807, 2.05) is 12.1 Å². The van der Waals surface area contributed by atoms with Gasteiger partial charge in [0.15, 0.2) is 5.82 Å². The average Bonchev–Trinajstić information content (AvgIpc) is 2.94. The van der Waals surface area contributed by atoms with Gasteiger partial charge in [-0.3, -0.25) is 0 Å². The highest BCUT2D eigenvalue weighted by Crippen LogP contribution is 2.19. The van der Waals surface area contributed by atoms with E-state index in [1.165, 1.54) is 6.33 Å². The molecule has 3 heterocycles. The van der Waals surface area contributed by atoms with E-state index in [1.54, 1.807) is 17.2 Å². The normalized spacial score (nSPS) is 16.7. The maximum Gasteiger partial charge on any atom is 0.178 e. The van der Waals surface area contributed by atoms with Gasteiger partial charge in [-0.2, -0.15) is 5.10 Å². The Labute approximate surface area is 105 Å². The van der Waals surface area contributed by atoms with E-state index < -0.39 is 0 Å². The van der Waals surface area contributed by atoms with Crippen molar-refractivity contribution in [3.05, 3.63) is 31.0 Å². The third-order valence-electron chi connectivity index (χ3n) is 3.12. The van der Waals surface area contributed by atoms with Gasteiger partial charge >= 0.3 is 0 Å². The maximum atomic E-state index is 4.37. The van der Waals surface area contributed by atoms with Gasteiger partial charge in [-0.15, -0.1) is 0 Å². The Hall–Kier alpha value is -1.95. The van der Waals surface area contributed by atoms with Gasteiger partial charge in [0.2, 0.25) is 0 Å². The monoisotopic (exact) mass is 244 g/mol. The largest absolute Gasteiger partial charge is 0.379 e. The molecule has 0 aliphatic carbocycles. The SMILES string of the molecule is c1cnc(-n2cncn2)c(NC2CCNCC2)c1. The summed E-state index contributed by atoms with van der Waals surface area (Å²) in [6.07, 6.45) is 7.21. The summed E-state index contributed by atoms with van der Waals surface area (Å²) in [6.45, 7) is 2.13. The van der Waals surface area contributed by atoms with E-state index >= 15 is 0 Å². The molecule has 0 bridgehead atoms. The summed E-state index contributed by atoms with van der Waals surface area (Å²) >= 11 is 0. The highest BCUT2D eigenvalue weighted by atomic mass is 15.3. The van der Waals surface area contributed by atoms with Crippen LogP contribution in [0.5, 0.6) is 0 Å². The van der Waals surface area contributed by atoms with Crippen molar-refractivity contribution < 1.29 is 0 Å². The van der Waals surface area contributed by atoms with Crippen LogP contribution in [0.3, 0.4) is 0 Å². The molecule has 0 radical (unpaired) electrons. The molecule has 2 aromatic heterocycles. The van der Waals surface area contributed by atoms with Crippen LogP contribution in [0.1, 0.15) is 12.8 Å². The predicted octanol–water partition coefficient (Wildman–Crippen LogP) is 0.826. The lowest BCUT2D eigenvalue weighted by Crippen LogP contribution is -2.35. The van der Waals surface area contributed by atoms with Crippen molar-refractivity contribution in [2.45, 2.75) is 18.9 Å². The van der Waals surface area contributed by atoms with Gasteiger partial charge in [0, 0.05) is 12.2 Å². The Morgan fingerprint density at radius 3 is 3.00 bits per heavy atom. The third kappa shape index (κ3) is 2.33. The van der Waals surface area contributed by atoms with Crippen LogP contribution in [0, 0.1) is 0 Å². The Kier molecular flexibility index (Phi) is 3.18. The van der Waals surface area contributed by atoms with Crippen LogP contribution in [0.4, 0.5) is 5.69 Å². The molecule has 18 heavy (non-hydrogen) atoms. The first-order valence-electron chi connectivity index (χ1n) is 6.21. The molecule has 0 atom stereocenters. The van der Waals surface area contributed by atoms with E-state index in [9.17, 15) is 0 Å². The summed E-state index contributed by atoms with van der Waals surface area (Å²) < 4.78 is 1.68. The Morgan fingerprint density at radius 1 is 1.33 bits per heavy atom. The number of nitrogens with one attached hydrogen (secondary N) is 2. The molecule has 1 fully saturated rings. The summed E-state index contributed by atoms with van der Waals surface area (Å²) in [5, 5.41) is 11.0. The molecular formula is C12H16N6. The van der Waals surface area contributed by atoms with Crippen LogP contribution in [0.2, 0.25) is 0 Å². The fourth-order valence-corrected chi connectivity index (χ4v) is 2.20. The molecule has 6 heteroatoms. The highest BCUT2D eigenvalue weighted by molar-refractivity contribution is 5.56. The molecular weight excluding hydrogens is 228 g/mol. The van der Waals surface area contributed by atoms with Crippen molar-refractivity contribution in [1.29, 1.82) is 0 Å². The molecule has 1 saturated heterocycles. The third-order valence-corrected chi connectivity index (χ3v) is 3.12. The number of piperidine rings is 1. The zero-order valence-corrected chi connectivity index (χ0v) is 10.1. The summed E-state index contributed by atoms with van der Waals surface area (Å²) in [5.41, 5.74) is 1.01. The first-order chi connectivity index (χ1) is 8.93. The van der Waals surface area contributed by atoms with Crippen LogP contribution in [-0.2, 0) is 0 Å². The second-order valence-corrected chi connectivity index (χ2v) is 4.38. The van der Waals surface area contributed by atoms with E-state index in [0.29, 0.717) is 6.04 Å². The van der Waals surface area contributed by atoms with Crippen LogP contribution in [0.25, 0.3) is 5.82 Å². The topological polar surface area (TPSA) is 67.7 Å². The molecule has 2 N–H and O–H groups in total. The molecule has 0 aromatic carbocycles. The van der Waals surface area contributed by atoms with Crippen molar-refractivity contribution in [3.8, 4) is 5.82 Å². The molecule has 94 valence electrons. The number of nitrogens with zero attached hydrogens (tertiary/aromatic N) is 4. The highest BCUT2D eigenvalue weighted by Gasteiger charge is 2.15. The second kappa shape index (κ2) is 5.14. The fraction of sp³-hybridized carbons (Fsp3) is 0.417.